The molecule has 0 spiro atoms. The molecule has 0 aliphatic rings. The summed E-state index contributed by atoms with van der Waals surface area (Å²) < 4.78 is 0. The molecule has 2 atom stereocenters. The summed E-state index contributed by atoms with van der Waals surface area (Å²) in [6.45, 7) is 10.9. The van der Waals surface area contributed by atoms with E-state index in [2.05, 4.69) is 68.7 Å². The highest BCUT2D eigenvalue weighted by Gasteiger charge is 2.07. The van der Waals surface area contributed by atoms with Gasteiger partial charge >= 0.3 is 0 Å². The third kappa shape index (κ3) is 5.85. The van der Waals surface area contributed by atoms with Crippen LogP contribution in [0.5, 0.6) is 0 Å². The van der Waals surface area contributed by atoms with Crippen LogP contribution < -0.4 is 10.6 Å². The van der Waals surface area contributed by atoms with Crippen LogP contribution in [-0.4, -0.2) is 25.2 Å². The number of hydrogen-bond acceptors (Lipinski definition) is 2. The Morgan fingerprint density at radius 1 is 0.882 bits per heavy atom. The van der Waals surface area contributed by atoms with Gasteiger partial charge in [-0.3, -0.25) is 0 Å². The van der Waals surface area contributed by atoms with Crippen LogP contribution in [0.25, 0.3) is 0 Å². The number of hydrogen-bond donors (Lipinski definition) is 2. The van der Waals surface area contributed by atoms with E-state index in [9.17, 15) is 0 Å². The van der Waals surface area contributed by atoms with Crippen LogP contribution in [0.15, 0.2) is 30.3 Å². The van der Waals surface area contributed by atoms with Crippen molar-refractivity contribution in [2.24, 2.45) is 0 Å². The predicted octanol–water partition coefficient (Wildman–Crippen LogP) is 2.77. The summed E-state index contributed by atoms with van der Waals surface area (Å²) in [5.41, 5.74) is 1.41. The molecule has 2 unspecified atom stereocenters. The number of benzene rings is 1. The van der Waals surface area contributed by atoms with Crippen LogP contribution in [0.1, 0.15) is 39.2 Å². The van der Waals surface area contributed by atoms with Crippen LogP contribution in [-0.2, 0) is 0 Å². The lowest BCUT2D eigenvalue weighted by molar-refractivity contribution is 0.462. The predicted molar refractivity (Wildman–Crippen MR) is 75.5 cm³/mol. The Balaban J connectivity index is 2.26. The smallest absolute Gasteiger partial charge is 0.0164 e. The molecule has 2 nitrogen and oxygen atoms in total. The lowest BCUT2D eigenvalue weighted by Crippen LogP contribution is -2.40. The maximum atomic E-state index is 3.57. The van der Waals surface area contributed by atoms with Crippen molar-refractivity contribution in [2.45, 2.75) is 45.7 Å². The van der Waals surface area contributed by atoms with Crippen LogP contribution in [0, 0.1) is 0 Å². The summed E-state index contributed by atoms with van der Waals surface area (Å²) in [6, 6.07) is 11.8. The van der Waals surface area contributed by atoms with Crippen molar-refractivity contribution in [1.82, 2.24) is 10.6 Å². The Kier molecular flexibility index (Phi) is 6.23. The molecule has 0 saturated heterocycles. The first-order valence-electron chi connectivity index (χ1n) is 6.61. The molecule has 0 radical (unpaired) electrons. The van der Waals surface area contributed by atoms with Gasteiger partial charge in [0.05, 0.1) is 0 Å². The van der Waals surface area contributed by atoms with E-state index >= 15 is 0 Å². The van der Waals surface area contributed by atoms with E-state index in [1.807, 2.05) is 0 Å². The average Bonchev–Trinajstić information content (AvgIpc) is 2.34. The highest BCUT2D eigenvalue weighted by atomic mass is 15.0. The summed E-state index contributed by atoms with van der Waals surface area (Å²) in [5, 5.41) is 7.02. The molecule has 0 aliphatic carbocycles. The molecule has 0 aromatic heterocycles. The summed E-state index contributed by atoms with van der Waals surface area (Å²) in [5.74, 6) is 0.567. The maximum absolute atomic E-state index is 3.57. The number of rotatable bonds is 7. The Morgan fingerprint density at radius 2 is 1.53 bits per heavy atom. The summed E-state index contributed by atoms with van der Waals surface area (Å²) in [4.78, 5) is 0. The minimum Gasteiger partial charge on any atom is -0.313 e. The van der Waals surface area contributed by atoms with E-state index < -0.39 is 0 Å². The minimum atomic E-state index is 0.517. The van der Waals surface area contributed by atoms with Gasteiger partial charge in [-0.15, -0.1) is 0 Å². The minimum absolute atomic E-state index is 0.517. The first-order chi connectivity index (χ1) is 8.09. The highest BCUT2D eigenvalue weighted by Crippen LogP contribution is 2.13. The third-order valence-corrected chi connectivity index (χ3v) is 2.97. The van der Waals surface area contributed by atoms with Gasteiger partial charge in [0.2, 0.25) is 0 Å². The van der Waals surface area contributed by atoms with Crippen molar-refractivity contribution in [3.05, 3.63) is 35.9 Å². The largest absolute Gasteiger partial charge is 0.313 e. The van der Waals surface area contributed by atoms with Gasteiger partial charge < -0.3 is 10.6 Å². The molecule has 96 valence electrons. The first kappa shape index (κ1) is 14.2. The van der Waals surface area contributed by atoms with E-state index in [1.54, 1.807) is 0 Å². The van der Waals surface area contributed by atoms with Crippen molar-refractivity contribution < 1.29 is 0 Å². The zero-order valence-corrected chi connectivity index (χ0v) is 11.5. The van der Waals surface area contributed by atoms with Crippen LogP contribution in [0.2, 0.25) is 0 Å². The Morgan fingerprint density at radius 3 is 2.12 bits per heavy atom. The fourth-order valence-electron chi connectivity index (χ4n) is 1.76. The zero-order valence-electron chi connectivity index (χ0n) is 11.5. The second-order valence-corrected chi connectivity index (χ2v) is 5.18. The molecule has 17 heavy (non-hydrogen) atoms. The van der Waals surface area contributed by atoms with Gasteiger partial charge in [-0.1, -0.05) is 51.1 Å². The monoisotopic (exact) mass is 234 g/mol. The van der Waals surface area contributed by atoms with Crippen LogP contribution in [0.3, 0.4) is 0 Å². The fraction of sp³-hybridized carbons (Fsp3) is 0.600. The van der Waals surface area contributed by atoms with Crippen molar-refractivity contribution in [1.29, 1.82) is 0 Å². The third-order valence-electron chi connectivity index (χ3n) is 2.97. The average molecular weight is 234 g/mol. The van der Waals surface area contributed by atoms with Crippen molar-refractivity contribution in [3.63, 3.8) is 0 Å². The van der Waals surface area contributed by atoms with Gasteiger partial charge in [0.25, 0.3) is 0 Å². The maximum Gasteiger partial charge on any atom is 0.0164 e. The van der Waals surface area contributed by atoms with E-state index in [-0.39, 0.29) is 0 Å². The van der Waals surface area contributed by atoms with Crippen molar-refractivity contribution >= 4 is 0 Å². The molecular weight excluding hydrogens is 208 g/mol. The van der Waals surface area contributed by atoms with Gasteiger partial charge in [-0.05, 0) is 18.4 Å². The van der Waals surface area contributed by atoms with E-state index in [1.165, 1.54) is 5.56 Å². The lowest BCUT2D eigenvalue weighted by Gasteiger charge is -2.19. The standard InChI is InChI=1S/C15H26N2/c1-12(2)16-11-14(4)17-10-13(3)15-8-6-5-7-9-15/h5-9,12-14,16-17H,10-11H2,1-4H3. The molecule has 0 aliphatic heterocycles. The Hall–Kier alpha value is -0.860. The molecule has 1 aromatic rings. The van der Waals surface area contributed by atoms with Crippen LogP contribution >= 0.6 is 0 Å². The Labute approximate surface area is 106 Å². The Bertz CT molecular complexity index is 295. The van der Waals surface area contributed by atoms with Crippen molar-refractivity contribution in [2.75, 3.05) is 13.1 Å². The summed E-state index contributed by atoms with van der Waals surface area (Å²) in [7, 11) is 0. The number of nitrogens with one attached hydrogen (secondary N) is 2. The molecule has 0 amide bonds. The van der Waals surface area contributed by atoms with Crippen molar-refractivity contribution in [3.8, 4) is 0 Å². The zero-order chi connectivity index (χ0) is 12.7. The highest BCUT2D eigenvalue weighted by molar-refractivity contribution is 5.18. The van der Waals surface area contributed by atoms with Gasteiger partial charge in [0, 0.05) is 25.2 Å². The summed E-state index contributed by atoms with van der Waals surface area (Å²) >= 11 is 0. The molecular formula is C15H26N2. The fourth-order valence-corrected chi connectivity index (χ4v) is 1.76. The molecule has 0 saturated carbocycles. The lowest BCUT2D eigenvalue weighted by atomic mass is 10.0. The summed E-state index contributed by atoms with van der Waals surface area (Å²) in [6.07, 6.45) is 0. The second-order valence-electron chi connectivity index (χ2n) is 5.18. The SMILES string of the molecule is CC(C)NCC(C)NCC(C)c1ccccc1. The topological polar surface area (TPSA) is 24.1 Å². The molecule has 1 rings (SSSR count). The first-order valence-corrected chi connectivity index (χ1v) is 6.61. The molecule has 0 bridgehead atoms. The molecule has 0 fully saturated rings. The van der Waals surface area contributed by atoms with Gasteiger partial charge in [0.15, 0.2) is 0 Å². The quantitative estimate of drug-likeness (QED) is 0.758. The second kappa shape index (κ2) is 7.46. The van der Waals surface area contributed by atoms with E-state index in [0.717, 1.165) is 13.1 Å². The van der Waals surface area contributed by atoms with Crippen LogP contribution in [0.4, 0.5) is 0 Å². The van der Waals surface area contributed by atoms with Gasteiger partial charge in [-0.25, -0.2) is 0 Å². The van der Waals surface area contributed by atoms with Gasteiger partial charge in [0.1, 0.15) is 0 Å². The molecule has 2 heteroatoms. The molecule has 0 heterocycles. The molecule has 2 N–H and O–H groups in total. The van der Waals surface area contributed by atoms with E-state index in [4.69, 9.17) is 0 Å². The van der Waals surface area contributed by atoms with E-state index in [0.29, 0.717) is 18.0 Å². The van der Waals surface area contributed by atoms with Gasteiger partial charge in [-0.2, -0.15) is 0 Å². The molecule has 1 aromatic carbocycles. The normalized spacial score (nSPS) is 14.9.